The number of aldehydes is 1. The van der Waals surface area contributed by atoms with E-state index in [2.05, 4.69) is 0 Å². The summed E-state index contributed by atoms with van der Waals surface area (Å²) < 4.78 is 12.6. The van der Waals surface area contributed by atoms with Gasteiger partial charge in [-0.25, -0.2) is 0 Å². The summed E-state index contributed by atoms with van der Waals surface area (Å²) >= 11 is 0. The van der Waals surface area contributed by atoms with Crippen LogP contribution >= 0.6 is 0 Å². The van der Waals surface area contributed by atoms with Gasteiger partial charge in [-0.15, -0.1) is 0 Å². The number of rotatable bonds is 3. The topological polar surface area (TPSA) is 17.1 Å². The van der Waals surface area contributed by atoms with Gasteiger partial charge in [0, 0.05) is 5.92 Å². The van der Waals surface area contributed by atoms with Crippen molar-refractivity contribution in [2.24, 2.45) is 5.92 Å². The van der Waals surface area contributed by atoms with E-state index in [4.69, 9.17) is 0 Å². The average Bonchev–Trinajstić information content (AvgIpc) is 2.20. The first kappa shape index (κ1) is 9.38. The Kier molecular flexibility index (Phi) is 2.36. The second-order valence-electron chi connectivity index (χ2n) is 3.91. The molecule has 1 aromatic rings. The predicted molar refractivity (Wildman–Crippen MR) is 52.9 cm³/mol. The molecule has 74 valence electrons. The van der Waals surface area contributed by atoms with Crippen LogP contribution < -0.4 is 0 Å². The van der Waals surface area contributed by atoms with Crippen LogP contribution in [-0.4, -0.2) is 13.0 Å². The van der Waals surface area contributed by atoms with Gasteiger partial charge in [-0.1, -0.05) is 30.3 Å². The molecule has 0 radical (unpaired) electrons. The van der Waals surface area contributed by atoms with Crippen molar-refractivity contribution in [3.8, 4) is 0 Å². The van der Waals surface area contributed by atoms with Gasteiger partial charge in [0.25, 0.3) is 0 Å². The number of hydrogen-bond acceptors (Lipinski definition) is 1. The lowest BCUT2D eigenvalue weighted by Crippen LogP contribution is -2.46. The quantitative estimate of drug-likeness (QED) is 0.672. The molecule has 0 heterocycles. The highest BCUT2D eigenvalue weighted by Crippen LogP contribution is 2.47. The Labute approximate surface area is 82.9 Å². The van der Waals surface area contributed by atoms with E-state index in [1.54, 1.807) is 0 Å². The molecule has 2 heteroatoms. The minimum atomic E-state index is -0.532. The van der Waals surface area contributed by atoms with Crippen molar-refractivity contribution in [2.75, 3.05) is 6.67 Å². The molecule has 0 amide bonds. The molecule has 1 saturated carbocycles. The number of alkyl halides is 1. The van der Waals surface area contributed by atoms with E-state index in [-0.39, 0.29) is 5.92 Å². The molecule has 0 bridgehead atoms. The second-order valence-corrected chi connectivity index (χ2v) is 3.91. The Hall–Kier alpha value is -1.18. The smallest absolute Gasteiger partial charge is 0.130 e. The molecule has 0 N–H and O–H groups in total. The number of carbonyl (C=O) groups excluding carboxylic acids is 1. The van der Waals surface area contributed by atoms with Gasteiger partial charge < -0.3 is 4.79 Å². The number of benzene rings is 1. The molecule has 14 heavy (non-hydrogen) atoms. The Balaban J connectivity index is 2.34. The molecule has 1 nitrogen and oxygen atoms in total. The van der Waals surface area contributed by atoms with E-state index >= 15 is 0 Å². The molecule has 1 aliphatic carbocycles. The molecule has 0 spiro atoms. The monoisotopic (exact) mass is 192 g/mol. The maximum Gasteiger partial charge on any atom is 0.130 e. The number of halogens is 1. The van der Waals surface area contributed by atoms with Gasteiger partial charge in [0.05, 0.1) is 12.1 Å². The van der Waals surface area contributed by atoms with Crippen molar-refractivity contribution in [3.05, 3.63) is 35.9 Å². The zero-order chi connectivity index (χ0) is 10.0. The fourth-order valence-corrected chi connectivity index (χ4v) is 2.23. The van der Waals surface area contributed by atoms with Crippen molar-refractivity contribution < 1.29 is 9.18 Å². The molecule has 1 aliphatic rings. The normalized spacial score (nSPS) is 30.8. The molecule has 2 atom stereocenters. The predicted octanol–water partition coefficient (Wildman–Crippen LogP) is 2.50. The summed E-state index contributed by atoms with van der Waals surface area (Å²) in [7, 11) is 0. The zero-order valence-electron chi connectivity index (χ0n) is 7.95. The second kappa shape index (κ2) is 3.52. The SMILES string of the molecule is O=CC1(c2ccccc2)CCC1CF. The summed E-state index contributed by atoms with van der Waals surface area (Å²) in [6.45, 7) is -0.395. The van der Waals surface area contributed by atoms with Gasteiger partial charge in [-0.05, 0) is 18.4 Å². The zero-order valence-corrected chi connectivity index (χ0v) is 7.95. The minimum Gasteiger partial charge on any atom is -0.302 e. The molecular formula is C12H13FO. The van der Waals surface area contributed by atoms with E-state index in [0.717, 1.165) is 24.7 Å². The standard InChI is InChI=1S/C12H13FO/c13-8-11-6-7-12(11,9-14)10-4-2-1-3-5-10/h1-5,9,11H,6-8H2. The molecule has 0 aliphatic heterocycles. The van der Waals surface area contributed by atoms with Crippen molar-refractivity contribution >= 4 is 6.29 Å². The lowest BCUT2D eigenvalue weighted by molar-refractivity contribution is -0.119. The van der Waals surface area contributed by atoms with Crippen LogP contribution in [0.25, 0.3) is 0 Å². The molecule has 2 rings (SSSR count). The van der Waals surface area contributed by atoms with Gasteiger partial charge in [-0.2, -0.15) is 0 Å². The summed E-state index contributed by atoms with van der Waals surface area (Å²) in [6, 6.07) is 9.53. The van der Waals surface area contributed by atoms with Crippen LogP contribution in [0.4, 0.5) is 4.39 Å². The van der Waals surface area contributed by atoms with E-state index in [1.165, 1.54) is 0 Å². The van der Waals surface area contributed by atoms with Crippen molar-refractivity contribution in [2.45, 2.75) is 18.3 Å². The van der Waals surface area contributed by atoms with Crippen molar-refractivity contribution in [1.82, 2.24) is 0 Å². The molecule has 0 saturated heterocycles. The first-order valence-electron chi connectivity index (χ1n) is 4.91. The fraction of sp³-hybridized carbons (Fsp3) is 0.417. The third-order valence-corrected chi connectivity index (χ3v) is 3.34. The largest absolute Gasteiger partial charge is 0.302 e. The van der Waals surface area contributed by atoms with Crippen LogP contribution in [0.2, 0.25) is 0 Å². The third kappa shape index (κ3) is 1.17. The Bertz CT molecular complexity index is 320. The summed E-state index contributed by atoms with van der Waals surface area (Å²) in [5, 5.41) is 0. The maximum absolute atomic E-state index is 12.6. The maximum atomic E-state index is 12.6. The van der Waals surface area contributed by atoms with E-state index in [1.807, 2.05) is 30.3 Å². The van der Waals surface area contributed by atoms with Gasteiger partial charge in [0.15, 0.2) is 0 Å². The molecule has 2 unspecified atom stereocenters. The van der Waals surface area contributed by atoms with Crippen LogP contribution in [0.1, 0.15) is 18.4 Å². The van der Waals surface area contributed by atoms with Crippen LogP contribution in [-0.2, 0) is 10.2 Å². The van der Waals surface area contributed by atoms with Gasteiger partial charge in [0.2, 0.25) is 0 Å². The molecule has 1 fully saturated rings. The molecule has 0 aromatic heterocycles. The van der Waals surface area contributed by atoms with Gasteiger partial charge in [-0.3, -0.25) is 4.39 Å². The lowest BCUT2D eigenvalue weighted by Gasteiger charge is -2.44. The van der Waals surface area contributed by atoms with Crippen LogP contribution in [0.3, 0.4) is 0 Å². The summed E-state index contributed by atoms with van der Waals surface area (Å²) in [6.07, 6.45) is 2.54. The van der Waals surface area contributed by atoms with E-state index in [9.17, 15) is 9.18 Å². The Morgan fingerprint density at radius 2 is 2.14 bits per heavy atom. The van der Waals surface area contributed by atoms with Gasteiger partial charge in [0.1, 0.15) is 6.29 Å². The Morgan fingerprint density at radius 3 is 2.57 bits per heavy atom. The minimum absolute atomic E-state index is 0.109. The third-order valence-electron chi connectivity index (χ3n) is 3.34. The number of carbonyl (C=O) groups is 1. The summed E-state index contributed by atoms with van der Waals surface area (Å²) in [5.74, 6) is -0.109. The fourth-order valence-electron chi connectivity index (χ4n) is 2.23. The van der Waals surface area contributed by atoms with Crippen LogP contribution in [0, 0.1) is 5.92 Å². The van der Waals surface area contributed by atoms with Gasteiger partial charge >= 0.3 is 0 Å². The summed E-state index contributed by atoms with van der Waals surface area (Å²) in [5.41, 5.74) is 0.430. The summed E-state index contributed by atoms with van der Waals surface area (Å²) in [4.78, 5) is 11.1. The van der Waals surface area contributed by atoms with Crippen molar-refractivity contribution in [3.63, 3.8) is 0 Å². The average molecular weight is 192 g/mol. The Morgan fingerprint density at radius 1 is 1.43 bits per heavy atom. The van der Waals surface area contributed by atoms with Crippen LogP contribution in [0.5, 0.6) is 0 Å². The highest BCUT2D eigenvalue weighted by molar-refractivity contribution is 5.71. The highest BCUT2D eigenvalue weighted by Gasteiger charge is 2.47. The highest BCUT2D eigenvalue weighted by atomic mass is 19.1. The first-order chi connectivity index (χ1) is 6.83. The molecule has 1 aromatic carbocycles. The van der Waals surface area contributed by atoms with Crippen molar-refractivity contribution in [1.29, 1.82) is 0 Å². The van der Waals surface area contributed by atoms with E-state index < -0.39 is 12.1 Å². The molecular weight excluding hydrogens is 179 g/mol. The first-order valence-corrected chi connectivity index (χ1v) is 4.91. The lowest BCUT2D eigenvalue weighted by atomic mass is 9.58. The van der Waals surface area contributed by atoms with Crippen LogP contribution in [0.15, 0.2) is 30.3 Å². The number of hydrogen-bond donors (Lipinski definition) is 0. The van der Waals surface area contributed by atoms with E-state index in [0.29, 0.717) is 0 Å².